The van der Waals surface area contributed by atoms with Gasteiger partial charge in [0, 0.05) is 5.57 Å². The molecule has 0 amide bonds. The average Bonchev–Trinajstić information content (AvgIpc) is 2.95. The molecule has 41 heavy (non-hydrogen) atoms. The number of hydrogen-bond acceptors (Lipinski definition) is 14. The molecule has 0 aromatic rings. The number of nitrogens with one attached hydrogen (secondary N) is 1. The summed E-state index contributed by atoms with van der Waals surface area (Å²) in [5.41, 5.74) is 0.367. The molecule has 0 saturated heterocycles. The van der Waals surface area contributed by atoms with E-state index in [0.717, 1.165) is 0 Å². The molecule has 0 aromatic carbocycles. The first kappa shape index (κ1) is 39.3. The van der Waals surface area contributed by atoms with E-state index in [1.165, 1.54) is 0 Å². The second-order valence-electron chi connectivity index (χ2n) is 8.18. The smallest absolute Gasteiger partial charge is 0.333 e. The van der Waals surface area contributed by atoms with Gasteiger partial charge in [0.1, 0.15) is 13.2 Å². The van der Waals surface area contributed by atoms with Crippen LogP contribution in [0.2, 0.25) is 0 Å². The SMILES string of the molecule is C=C(C)C(=O)OCCOCCOCCOCCOCCOCCOCCOCCOCCOCCOC(=O)CNC. The third-order valence-electron chi connectivity index (χ3n) is 4.60. The highest BCUT2D eigenvalue weighted by molar-refractivity contribution is 5.86. The van der Waals surface area contributed by atoms with Gasteiger partial charge in [-0.15, -0.1) is 0 Å². The van der Waals surface area contributed by atoms with E-state index in [1.807, 2.05) is 0 Å². The summed E-state index contributed by atoms with van der Waals surface area (Å²) in [6, 6.07) is 0. The lowest BCUT2D eigenvalue weighted by Crippen LogP contribution is -2.22. The highest BCUT2D eigenvalue weighted by atomic mass is 16.6. The first-order chi connectivity index (χ1) is 20.1. The Labute approximate surface area is 244 Å². The average molecular weight is 598 g/mol. The Bertz CT molecular complexity index is 610. The molecule has 0 radical (unpaired) electrons. The minimum absolute atomic E-state index is 0.189. The molecule has 0 fully saturated rings. The Morgan fingerprint density at radius 1 is 0.463 bits per heavy atom. The van der Waals surface area contributed by atoms with Crippen LogP contribution < -0.4 is 5.32 Å². The molecule has 1 N–H and O–H groups in total. The lowest BCUT2D eigenvalue weighted by atomic mass is 10.4. The van der Waals surface area contributed by atoms with E-state index in [-0.39, 0.29) is 25.7 Å². The molecule has 0 heterocycles. The molecule has 0 unspecified atom stereocenters. The van der Waals surface area contributed by atoms with Gasteiger partial charge in [-0.3, -0.25) is 4.79 Å². The van der Waals surface area contributed by atoms with Gasteiger partial charge in [-0.2, -0.15) is 0 Å². The van der Waals surface area contributed by atoms with Crippen LogP contribution in [0, 0.1) is 0 Å². The van der Waals surface area contributed by atoms with Crippen molar-refractivity contribution in [3.05, 3.63) is 12.2 Å². The van der Waals surface area contributed by atoms with Crippen LogP contribution in [0.1, 0.15) is 6.92 Å². The van der Waals surface area contributed by atoms with Gasteiger partial charge in [-0.25, -0.2) is 4.79 Å². The van der Waals surface area contributed by atoms with Crippen LogP contribution in [0.5, 0.6) is 0 Å². The number of esters is 2. The van der Waals surface area contributed by atoms with Gasteiger partial charge in [0.25, 0.3) is 0 Å². The van der Waals surface area contributed by atoms with Gasteiger partial charge < -0.3 is 57.4 Å². The summed E-state index contributed by atoms with van der Waals surface area (Å²) in [5.74, 6) is -0.719. The largest absolute Gasteiger partial charge is 0.462 e. The van der Waals surface area contributed by atoms with Crippen LogP contribution in [0.25, 0.3) is 0 Å². The predicted molar refractivity (Wildman–Crippen MR) is 148 cm³/mol. The second-order valence-corrected chi connectivity index (χ2v) is 8.18. The van der Waals surface area contributed by atoms with Gasteiger partial charge in [-0.1, -0.05) is 6.58 Å². The molecule has 14 nitrogen and oxygen atoms in total. The van der Waals surface area contributed by atoms with Crippen molar-refractivity contribution < 1.29 is 61.7 Å². The molecule has 0 aliphatic carbocycles. The number of hydrogen-bond donors (Lipinski definition) is 1. The van der Waals surface area contributed by atoms with E-state index >= 15 is 0 Å². The van der Waals surface area contributed by atoms with Crippen LogP contribution in [0.15, 0.2) is 12.2 Å². The second kappa shape index (κ2) is 32.8. The van der Waals surface area contributed by atoms with E-state index in [2.05, 4.69) is 11.9 Å². The van der Waals surface area contributed by atoms with Crippen LogP contribution in [-0.4, -0.2) is 158 Å². The van der Waals surface area contributed by atoms with Gasteiger partial charge in [0.05, 0.1) is 125 Å². The number of ether oxygens (including phenoxy) is 11. The molecule has 0 aliphatic heterocycles. The van der Waals surface area contributed by atoms with Crippen molar-refractivity contribution in [2.24, 2.45) is 0 Å². The Morgan fingerprint density at radius 2 is 0.707 bits per heavy atom. The van der Waals surface area contributed by atoms with Crippen molar-refractivity contribution in [1.29, 1.82) is 0 Å². The summed E-state index contributed by atoms with van der Waals surface area (Å²) < 4.78 is 58.3. The van der Waals surface area contributed by atoms with Crippen LogP contribution in [-0.2, 0) is 61.7 Å². The molecule has 0 saturated carbocycles. The summed E-state index contributed by atoms with van der Waals surface area (Å²) in [6.07, 6.45) is 0. The number of carbonyl (C=O) groups is 2. The van der Waals surface area contributed by atoms with Crippen LogP contribution in [0.4, 0.5) is 0 Å². The molecule has 14 heteroatoms. The zero-order chi connectivity index (χ0) is 30.1. The van der Waals surface area contributed by atoms with Crippen molar-refractivity contribution in [3.63, 3.8) is 0 Å². The van der Waals surface area contributed by atoms with Crippen molar-refractivity contribution in [2.45, 2.75) is 6.92 Å². The van der Waals surface area contributed by atoms with Crippen molar-refractivity contribution in [3.8, 4) is 0 Å². The van der Waals surface area contributed by atoms with E-state index in [1.54, 1.807) is 14.0 Å². The highest BCUT2D eigenvalue weighted by Crippen LogP contribution is 1.92. The van der Waals surface area contributed by atoms with E-state index < -0.39 is 5.97 Å². The molecular weight excluding hydrogens is 546 g/mol. The summed E-state index contributed by atoms with van der Waals surface area (Å²) in [6.45, 7) is 13.8. The lowest BCUT2D eigenvalue weighted by Gasteiger charge is -2.09. The van der Waals surface area contributed by atoms with E-state index in [0.29, 0.717) is 124 Å². The normalized spacial score (nSPS) is 11.1. The number of likely N-dealkylation sites (N-methyl/N-ethyl adjacent to an activating group) is 1. The minimum Gasteiger partial charge on any atom is -0.462 e. The fourth-order valence-electron chi connectivity index (χ4n) is 2.59. The zero-order valence-corrected chi connectivity index (χ0v) is 24.9. The molecule has 0 atom stereocenters. The maximum Gasteiger partial charge on any atom is 0.333 e. The Morgan fingerprint density at radius 3 is 0.951 bits per heavy atom. The third kappa shape index (κ3) is 32.7. The molecule has 0 spiro atoms. The monoisotopic (exact) mass is 597 g/mol. The standard InChI is InChI=1S/C27H51NO13/c1-25(2)27(30)41-23-21-39-19-17-37-15-13-35-11-9-33-7-5-31-4-6-32-8-10-34-12-14-36-16-18-38-20-22-40-26(29)24-28-3/h28H,1,4-24H2,2-3H3. The highest BCUT2D eigenvalue weighted by Gasteiger charge is 2.02. The maximum atomic E-state index is 11.2. The fraction of sp³-hybridized carbons (Fsp3) is 0.852. The van der Waals surface area contributed by atoms with Crippen molar-refractivity contribution >= 4 is 11.9 Å². The third-order valence-corrected chi connectivity index (χ3v) is 4.60. The van der Waals surface area contributed by atoms with Crippen molar-refractivity contribution in [2.75, 3.05) is 146 Å². The van der Waals surface area contributed by atoms with Crippen molar-refractivity contribution in [1.82, 2.24) is 5.32 Å². The first-order valence-corrected chi connectivity index (χ1v) is 13.9. The summed E-state index contributed by atoms with van der Waals surface area (Å²) in [4.78, 5) is 22.3. The molecule has 242 valence electrons. The predicted octanol–water partition coefficient (Wildman–Crippen LogP) is 0.0177. The Hall–Kier alpha value is -1.72. The van der Waals surface area contributed by atoms with Gasteiger partial charge >= 0.3 is 11.9 Å². The number of rotatable bonds is 33. The summed E-state index contributed by atoms with van der Waals surface area (Å²) in [5, 5.41) is 2.71. The quantitative estimate of drug-likeness (QED) is 0.0615. The molecular formula is C27H51NO13. The van der Waals surface area contributed by atoms with Gasteiger partial charge in [0.2, 0.25) is 0 Å². The van der Waals surface area contributed by atoms with E-state index in [9.17, 15) is 9.59 Å². The topological polar surface area (TPSA) is 148 Å². The fourth-order valence-corrected chi connectivity index (χ4v) is 2.59. The van der Waals surface area contributed by atoms with E-state index in [4.69, 9.17) is 52.1 Å². The first-order valence-electron chi connectivity index (χ1n) is 13.9. The molecule has 0 aromatic heterocycles. The Balaban J connectivity index is 3.09. The van der Waals surface area contributed by atoms with Gasteiger partial charge in [-0.05, 0) is 14.0 Å². The zero-order valence-electron chi connectivity index (χ0n) is 24.9. The van der Waals surface area contributed by atoms with Crippen LogP contribution in [0.3, 0.4) is 0 Å². The lowest BCUT2D eigenvalue weighted by molar-refractivity contribution is -0.144. The molecule has 0 aliphatic rings. The summed E-state index contributed by atoms with van der Waals surface area (Å²) in [7, 11) is 1.68. The van der Waals surface area contributed by atoms with Crippen LogP contribution >= 0.6 is 0 Å². The summed E-state index contributed by atoms with van der Waals surface area (Å²) >= 11 is 0. The molecule has 0 bridgehead atoms. The maximum absolute atomic E-state index is 11.2. The minimum atomic E-state index is -0.416. The Kier molecular flexibility index (Phi) is 31.4. The molecule has 0 rings (SSSR count). The number of carbonyl (C=O) groups excluding carboxylic acids is 2. The van der Waals surface area contributed by atoms with Gasteiger partial charge in [0.15, 0.2) is 0 Å².